The van der Waals surface area contributed by atoms with Crippen molar-refractivity contribution in [3.63, 3.8) is 0 Å². The normalized spacial score (nSPS) is 10.7. The highest BCUT2D eigenvalue weighted by Crippen LogP contribution is 2.21. The molecule has 0 heterocycles. The van der Waals surface area contributed by atoms with Crippen molar-refractivity contribution in [1.82, 2.24) is 5.43 Å². The molecular formula is C16H14FIN2O2. The smallest absolute Gasteiger partial charge is 0.271 e. The third-order valence-electron chi connectivity index (χ3n) is 2.72. The predicted octanol–water partition coefficient (Wildman–Crippen LogP) is 3.59. The van der Waals surface area contributed by atoms with Gasteiger partial charge in [-0.1, -0.05) is 6.07 Å². The quantitative estimate of drug-likeness (QED) is 0.464. The number of rotatable bonds is 5. The summed E-state index contributed by atoms with van der Waals surface area (Å²) in [6.07, 6.45) is 1.52. The van der Waals surface area contributed by atoms with Gasteiger partial charge in [0, 0.05) is 5.56 Å². The highest BCUT2D eigenvalue weighted by Gasteiger charge is 2.05. The Balaban J connectivity index is 2.00. The van der Waals surface area contributed by atoms with E-state index in [9.17, 15) is 9.18 Å². The van der Waals surface area contributed by atoms with Gasteiger partial charge in [0.1, 0.15) is 11.6 Å². The van der Waals surface area contributed by atoms with Crippen molar-refractivity contribution in [2.75, 3.05) is 6.61 Å². The van der Waals surface area contributed by atoms with Gasteiger partial charge in [0.2, 0.25) is 0 Å². The Morgan fingerprint density at radius 2 is 2.18 bits per heavy atom. The minimum Gasteiger partial charge on any atom is -0.493 e. The van der Waals surface area contributed by atoms with Crippen LogP contribution in [0.5, 0.6) is 5.75 Å². The van der Waals surface area contributed by atoms with Gasteiger partial charge in [-0.25, -0.2) is 9.82 Å². The average Bonchev–Trinajstić information content (AvgIpc) is 2.50. The lowest BCUT2D eigenvalue weighted by Crippen LogP contribution is -2.17. The summed E-state index contributed by atoms with van der Waals surface area (Å²) in [5.41, 5.74) is 3.41. The van der Waals surface area contributed by atoms with Crippen LogP contribution in [0.25, 0.3) is 0 Å². The van der Waals surface area contributed by atoms with Crippen LogP contribution in [-0.4, -0.2) is 18.7 Å². The Morgan fingerprint density at radius 1 is 1.36 bits per heavy atom. The largest absolute Gasteiger partial charge is 0.493 e. The molecule has 0 saturated heterocycles. The van der Waals surface area contributed by atoms with Gasteiger partial charge in [-0.2, -0.15) is 5.10 Å². The zero-order valence-corrected chi connectivity index (χ0v) is 14.0. The van der Waals surface area contributed by atoms with Crippen molar-refractivity contribution >= 4 is 34.7 Å². The Morgan fingerprint density at radius 3 is 2.86 bits per heavy atom. The number of ether oxygens (including phenoxy) is 1. The lowest BCUT2D eigenvalue weighted by molar-refractivity contribution is 0.0954. The summed E-state index contributed by atoms with van der Waals surface area (Å²) in [6.45, 7) is 2.53. The monoisotopic (exact) mass is 412 g/mol. The number of amides is 1. The van der Waals surface area contributed by atoms with Crippen LogP contribution in [-0.2, 0) is 0 Å². The molecule has 1 N–H and O–H groups in total. The van der Waals surface area contributed by atoms with E-state index in [0.717, 1.165) is 20.9 Å². The third-order valence-corrected chi connectivity index (χ3v) is 3.57. The van der Waals surface area contributed by atoms with E-state index in [0.29, 0.717) is 6.61 Å². The first-order valence-corrected chi connectivity index (χ1v) is 7.69. The summed E-state index contributed by atoms with van der Waals surface area (Å²) < 4.78 is 19.4. The molecule has 0 atom stereocenters. The molecule has 0 bridgehead atoms. The van der Waals surface area contributed by atoms with Gasteiger partial charge >= 0.3 is 0 Å². The van der Waals surface area contributed by atoms with Crippen LogP contribution in [0.15, 0.2) is 47.6 Å². The van der Waals surface area contributed by atoms with Gasteiger partial charge in [0.05, 0.1) is 16.4 Å². The van der Waals surface area contributed by atoms with E-state index in [2.05, 4.69) is 33.1 Å². The van der Waals surface area contributed by atoms with Crippen molar-refractivity contribution in [2.45, 2.75) is 6.92 Å². The summed E-state index contributed by atoms with van der Waals surface area (Å²) in [5, 5.41) is 3.87. The number of carbonyl (C=O) groups excluding carboxylic acids is 1. The van der Waals surface area contributed by atoms with Gasteiger partial charge in [0.25, 0.3) is 5.91 Å². The Hall–Kier alpha value is -1.96. The standard InChI is InChI=1S/C16H14FIN2O2/c1-2-22-15-7-6-11(8-14(15)18)10-19-20-16(21)12-4-3-5-13(17)9-12/h3-10H,2H2,1H3,(H,20,21)/b19-10-. The van der Waals surface area contributed by atoms with Gasteiger partial charge < -0.3 is 4.74 Å². The lowest BCUT2D eigenvalue weighted by atomic mass is 10.2. The van der Waals surface area contributed by atoms with Gasteiger partial charge in [0.15, 0.2) is 0 Å². The van der Waals surface area contributed by atoms with Crippen LogP contribution >= 0.6 is 22.6 Å². The number of hydrogen-bond donors (Lipinski definition) is 1. The minimum atomic E-state index is -0.462. The molecule has 0 aliphatic rings. The zero-order valence-electron chi connectivity index (χ0n) is 11.8. The van der Waals surface area contributed by atoms with Crippen molar-refractivity contribution in [3.05, 3.63) is 63.0 Å². The number of benzene rings is 2. The first-order chi connectivity index (χ1) is 10.6. The Labute approximate surface area is 141 Å². The topological polar surface area (TPSA) is 50.7 Å². The molecule has 2 aromatic carbocycles. The number of hydrazone groups is 1. The van der Waals surface area contributed by atoms with Crippen molar-refractivity contribution in [1.29, 1.82) is 0 Å². The van der Waals surface area contributed by atoms with Crippen LogP contribution in [0.2, 0.25) is 0 Å². The van der Waals surface area contributed by atoms with Crippen LogP contribution in [0.4, 0.5) is 4.39 Å². The molecule has 0 fully saturated rings. The average molecular weight is 412 g/mol. The zero-order chi connectivity index (χ0) is 15.9. The van der Waals surface area contributed by atoms with E-state index >= 15 is 0 Å². The number of hydrogen-bond acceptors (Lipinski definition) is 3. The second kappa shape index (κ2) is 7.88. The summed E-state index contributed by atoms with van der Waals surface area (Å²) in [7, 11) is 0. The molecule has 22 heavy (non-hydrogen) atoms. The van der Waals surface area contributed by atoms with E-state index in [1.165, 1.54) is 24.4 Å². The van der Waals surface area contributed by atoms with E-state index in [4.69, 9.17) is 4.74 Å². The number of halogens is 2. The van der Waals surface area contributed by atoms with Crippen LogP contribution in [0, 0.1) is 9.39 Å². The van der Waals surface area contributed by atoms with Crippen LogP contribution in [0.3, 0.4) is 0 Å². The maximum Gasteiger partial charge on any atom is 0.271 e. The molecule has 0 saturated carbocycles. The Kier molecular flexibility index (Phi) is 5.88. The highest BCUT2D eigenvalue weighted by molar-refractivity contribution is 14.1. The summed E-state index contributed by atoms with van der Waals surface area (Å²) in [4.78, 5) is 11.8. The SMILES string of the molecule is CCOc1ccc(/C=N\NC(=O)c2cccc(F)c2)cc1I. The van der Waals surface area contributed by atoms with Crippen molar-refractivity contribution in [3.8, 4) is 5.75 Å². The second-order valence-electron chi connectivity index (χ2n) is 4.33. The van der Waals surface area contributed by atoms with E-state index < -0.39 is 11.7 Å². The van der Waals surface area contributed by atoms with Crippen molar-refractivity contribution < 1.29 is 13.9 Å². The molecule has 114 valence electrons. The molecule has 1 amide bonds. The maximum absolute atomic E-state index is 13.0. The number of nitrogens with zero attached hydrogens (tertiary/aromatic N) is 1. The fraction of sp³-hybridized carbons (Fsp3) is 0.125. The third kappa shape index (κ3) is 4.52. The van der Waals surface area contributed by atoms with Crippen LogP contribution in [0.1, 0.15) is 22.8 Å². The maximum atomic E-state index is 13.0. The fourth-order valence-electron chi connectivity index (χ4n) is 1.73. The molecular weight excluding hydrogens is 398 g/mol. The van der Waals surface area contributed by atoms with Gasteiger partial charge in [-0.15, -0.1) is 0 Å². The molecule has 6 heteroatoms. The highest BCUT2D eigenvalue weighted by atomic mass is 127. The first-order valence-electron chi connectivity index (χ1n) is 6.61. The molecule has 2 aromatic rings. The molecule has 0 unspecified atom stereocenters. The van der Waals surface area contributed by atoms with Crippen LogP contribution < -0.4 is 10.2 Å². The molecule has 0 radical (unpaired) electrons. The molecule has 4 nitrogen and oxygen atoms in total. The number of nitrogens with one attached hydrogen (secondary N) is 1. The summed E-state index contributed by atoms with van der Waals surface area (Å²) in [5.74, 6) is -0.113. The second-order valence-corrected chi connectivity index (χ2v) is 5.49. The molecule has 0 aliphatic carbocycles. The molecule has 0 aliphatic heterocycles. The van der Waals surface area contributed by atoms with E-state index in [1.54, 1.807) is 0 Å². The predicted molar refractivity (Wildman–Crippen MR) is 91.8 cm³/mol. The molecule has 0 spiro atoms. The minimum absolute atomic E-state index is 0.221. The first kappa shape index (κ1) is 16.4. The lowest BCUT2D eigenvalue weighted by Gasteiger charge is -2.05. The fourth-order valence-corrected chi connectivity index (χ4v) is 2.42. The molecule has 2 rings (SSSR count). The molecule has 0 aromatic heterocycles. The van der Waals surface area contributed by atoms with Gasteiger partial charge in [-0.3, -0.25) is 4.79 Å². The van der Waals surface area contributed by atoms with E-state index in [-0.39, 0.29) is 5.56 Å². The van der Waals surface area contributed by atoms with E-state index in [1.807, 2.05) is 25.1 Å². The van der Waals surface area contributed by atoms with Crippen molar-refractivity contribution in [2.24, 2.45) is 5.10 Å². The van der Waals surface area contributed by atoms with Gasteiger partial charge in [-0.05, 0) is 71.5 Å². The number of carbonyl (C=O) groups is 1. The Bertz CT molecular complexity index is 704. The summed E-state index contributed by atoms with van der Waals surface area (Å²) >= 11 is 2.17. The summed E-state index contributed by atoms with van der Waals surface area (Å²) in [6, 6.07) is 11.0.